The van der Waals surface area contributed by atoms with Crippen LogP contribution in [0.1, 0.15) is 16.0 Å². The van der Waals surface area contributed by atoms with Crippen LogP contribution in [0, 0.1) is 0 Å². The van der Waals surface area contributed by atoms with Crippen molar-refractivity contribution in [3.05, 3.63) is 40.4 Å². The summed E-state index contributed by atoms with van der Waals surface area (Å²) in [4.78, 5) is 7.75. The SMILES string of the molecule is COc1ccc2c(c1)CN(Cc1cnc(N)s1)CC2.Cl. The third-order valence-electron chi connectivity index (χ3n) is 3.46. The first-order chi connectivity index (χ1) is 9.24. The van der Waals surface area contributed by atoms with Crippen LogP contribution in [0.2, 0.25) is 0 Å². The Bertz CT molecular complexity index is 588. The molecule has 3 rings (SSSR count). The molecular formula is C14H18ClN3OS. The lowest BCUT2D eigenvalue weighted by Crippen LogP contribution is -2.29. The highest BCUT2D eigenvalue weighted by Gasteiger charge is 2.17. The first-order valence-electron chi connectivity index (χ1n) is 6.33. The fourth-order valence-corrected chi connectivity index (χ4v) is 3.20. The van der Waals surface area contributed by atoms with Crippen molar-refractivity contribution < 1.29 is 4.74 Å². The molecule has 0 radical (unpaired) electrons. The third-order valence-corrected chi connectivity index (χ3v) is 4.27. The molecule has 1 aromatic carbocycles. The fraction of sp³-hybridized carbons (Fsp3) is 0.357. The molecule has 0 aliphatic carbocycles. The molecule has 1 aromatic heterocycles. The minimum atomic E-state index is 0. The predicted octanol–water partition coefficient (Wildman–Crippen LogP) is 2.71. The number of benzene rings is 1. The third kappa shape index (κ3) is 3.23. The Labute approximate surface area is 129 Å². The van der Waals surface area contributed by atoms with E-state index in [9.17, 15) is 0 Å². The number of nitrogens with two attached hydrogens (primary N) is 1. The van der Waals surface area contributed by atoms with E-state index in [1.54, 1.807) is 18.4 Å². The van der Waals surface area contributed by atoms with Gasteiger partial charge in [-0.15, -0.1) is 23.7 Å². The number of hydrogen-bond acceptors (Lipinski definition) is 5. The zero-order valence-corrected chi connectivity index (χ0v) is 13.0. The van der Waals surface area contributed by atoms with Crippen molar-refractivity contribution in [3.8, 4) is 5.75 Å². The molecule has 4 nitrogen and oxygen atoms in total. The molecule has 0 saturated heterocycles. The smallest absolute Gasteiger partial charge is 0.180 e. The van der Waals surface area contributed by atoms with Crippen LogP contribution < -0.4 is 10.5 Å². The average Bonchev–Trinajstić information content (AvgIpc) is 2.83. The lowest BCUT2D eigenvalue weighted by atomic mass is 9.99. The van der Waals surface area contributed by atoms with Gasteiger partial charge in [0.15, 0.2) is 5.13 Å². The largest absolute Gasteiger partial charge is 0.497 e. The number of fused-ring (bicyclic) bond motifs is 1. The van der Waals surface area contributed by atoms with Crippen molar-refractivity contribution in [1.82, 2.24) is 9.88 Å². The van der Waals surface area contributed by atoms with E-state index in [0.717, 1.165) is 31.8 Å². The highest BCUT2D eigenvalue weighted by Crippen LogP contribution is 2.25. The molecule has 1 aliphatic rings. The van der Waals surface area contributed by atoms with E-state index < -0.39 is 0 Å². The molecule has 20 heavy (non-hydrogen) atoms. The van der Waals surface area contributed by atoms with Gasteiger partial charge in [0.05, 0.1) is 7.11 Å². The molecule has 108 valence electrons. The van der Waals surface area contributed by atoms with Crippen LogP contribution in [0.15, 0.2) is 24.4 Å². The van der Waals surface area contributed by atoms with E-state index >= 15 is 0 Å². The lowest BCUT2D eigenvalue weighted by molar-refractivity contribution is 0.247. The monoisotopic (exact) mass is 311 g/mol. The molecule has 0 spiro atoms. The normalized spacial score (nSPS) is 14.4. The zero-order valence-electron chi connectivity index (χ0n) is 11.3. The van der Waals surface area contributed by atoms with Gasteiger partial charge >= 0.3 is 0 Å². The Hall–Kier alpha value is -1.30. The van der Waals surface area contributed by atoms with Crippen molar-refractivity contribution in [2.45, 2.75) is 19.5 Å². The minimum absolute atomic E-state index is 0. The molecule has 0 bridgehead atoms. The summed E-state index contributed by atoms with van der Waals surface area (Å²) >= 11 is 1.57. The average molecular weight is 312 g/mol. The number of nitrogens with zero attached hydrogens (tertiary/aromatic N) is 2. The molecule has 2 N–H and O–H groups in total. The van der Waals surface area contributed by atoms with Gasteiger partial charge in [-0.05, 0) is 29.7 Å². The van der Waals surface area contributed by atoms with Crippen molar-refractivity contribution >= 4 is 28.9 Å². The summed E-state index contributed by atoms with van der Waals surface area (Å²) in [5.74, 6) is 0.933. The number of aromatic nitrogens is 1. The number of ether oxygens (including phenoxy) is 1. The van der Waals surface area contributed by atoms with Gasteiger partial charge in [-0.3, -0.25) is 4.90 Å². The molecule has 2 heterocycles. The van der Waals surface area contributed by atoms with Crippen LogP contribution in [-0.2, 0) is 19.5 Å². The predicted molar refractivity (Wildman–Crippen MR) is 84.6 cm³/mol. The summed E-state index contributed by atoms with van der Waals surface area (Å²) in [6, 6.07) is 6.36. The summed E-state index contributed by atoms with van der Waals surface area (Å²) in [7, 11) is 1.71. The van der Waals surface area contributed by atoms with E-state index in [2.05, 4.69) is 22.0 Å². The molecule has 0 unspecified atom stereocenters. The molecule has 0 fully saturated rings. The van der Waals surface area contributed by atoms with Gasteiger partial charge < -0.3 is 10.5 Å². The first-order valence-corrected chi connectivity index (χ1v) is 7.14. The first kappa shape index (κ1) is 15.1. The topological polar surface area (TPSA) is 51.4 Å². The van der Waals surface area contributed by atoms with Gasteiger partial charge in [-0.25, -0.2) is 4.98 Å². The zero-order chi connectivity index (χ0) is 13.2. The van der Waals surface area contributed by atoms with Gasteiger partial charge in [0.25, 0.3) is 0 Å². The summed E-state index contributed by atoms with van der Waals surface area (Å²) in [6.45, 7) is 2.97. The summed E-state index contributed by atoms with van der Waals surface area (Å²) in [5, 5.41) is 0.647. The van der Waals surface area contributed by atoms with Crippen LogP contribution >= 0.6 is 23.7 Å². The number of thiazole rings is 1. The summed E-state index contributed by atoms with van der Waals surface area (Å²) < 4.78 is 5.29. The number of rotatable bonds is 3. The van der Waals surface area contributed by atoms with Crippen LogP contribution in [0.25, 0.3) is 0 Å². The molecule has 0 saturated carbocycles. The van der Waals surface area contributed by atoms with Gasteiger partial charge in [0, 0.05) is 30.7 Å². The van der Waals surface area contributed by atoms with Crippen LogP contribution in [-0.4, -0.2) is 23.5 Å². The highest BCUT2D eigenvalue weighted by atomic mass is 35.5. The molecule has 1 aliphatic heterocycles. The number of anilines is 1. The van der Waals surface area contributed by atoms with Crippen molar-refractivity contribution in [3.63, 3.8) is 0 Å². The van der Waals surface area contributed by atoms with Gasteiger partial charge in [-0.2, -0.15) is 0 Å². The molecule has 6 heteroatoms. The number of nitrogen functional groups attached to an aromatic ring is 1. The van der Waals surface area contributed by atoms with E-state index in [-0.39, 0.29) is 12.4 Å². The quantitative estimate of drug-likeness (QED) is 0.947. The Morgan fingerprint density at radius 1 is 1.40 bits per heavy atom. The lowest BCUT2D eigenvalue weighted by Gasteiger charge is -2.28. The van der Waals surface area contributed by atoms with Crippen LogP contribution in [0.5, 0.6) is 5.75 Å². The second-order valence-electron chi connectivity index (χ2n) is 4.76. The van der Waals surface area contributed by atoms with Gasteiger partial charge in [0.2, 0.25) is 0 Å². The summed E-state index contributed by atoms with van der Waals surface area (Å²) in [6.07, 6.45) is 2.97. The summed E-state index contributed by atoms with van der Waals surface area (Å²) in [5.41, 5.74) is 8.47. The van der Waals surface area contributed by atoms with E-state index in [4.69, 9.17) is 10.5 Å². The molecule has 0 amide bonds. The Kier molecular flexibility index (Phi) is 4.86. The number of hydrogen-bond donors (Lipinski definition) is 1. The van der Waals surface area contributed by atoms with E-state index in [1.807, 2.05) is 12.3 Å². The highest BCUT2D eigenvalue weighted by molar-refractivity contribution is 7.15. The second kappa shape index (κ2) is 6.43. The van der Waals surface area contributed by atoms with Crippen LogP contribution in [0.3, 0.4) is 0 Å². The van der Waals surface area contributed by atoms with E-state index in [0.29, 0.717) is 5.13 Å². The van der Waals surface area contributed by atoms with Crippen LogP contribution in [0.4, 0.5) is 5.13 Å². The fourth-order valence-electron chi connectivity index (χ4n) is 2.47. The molecule has 2 aromatic rings. The second-order valence-corrected chi connectivity index (χ2v) is 5.91. The maximum atomic E-state index is 5.67. The maximum Gasteiger partial charge on any atom is 0.180 e. The molecule has 0 atom stereocenters. The maximum absolute atomic E-state index is 5.67. The van der Waals surface area contributed by atoms with Crippen molar-refractivity contribution in [2.75, 3.05) is 19.4 Å². The van der Waals surface area contributed by atoms with Gasteiger partial charge in [0.1, 0.15) is 5.75 Å². The molecular weight excluding hydrogens is 294 g/mol. The Balaban J connectivity index is 0.00000147. The minimum Gasteiger partial charge on any atom is -0.497 e. The number of methoxy groups -OCH3 is 1. The Morgan fingerprint density at radius 2 is 2.25 bits per heavy atom. The standard InChI is InChI=1S/C14H17N3OS.ClH/c1-18-12-3-2-10-4-5-17(8-11(10)6-12)9-13-7-16-14(15)19-13;/h2-3,6-7H,4-5,8-9H2,1H3,(H2,15,16);1H. The van der Waals surface area contributed by atoms with Crippen molar-refractivity contribution in [1.29, 1.82) is 0 Å². The Morgan fingerprint density at radius 3 is 2.95 bits per heavy atom. The van der Waals surface area contributed by atoms with Gasteiger partial charge in [-0.1, -0.05) is 6.07 Å². The van der Waals surface area contributed by atoms with E-state index in [1.165, 1.54) is 16.0 Å². The number of halogens is 1. The van der Waals surface area contributed by atoms with Crippen molar-refractivity contribution in [2.24, 2.45) is 0 Å².